The van der Waals surface area contributed by atoms with E-state index < -0.39 is 16.4 Å². The number of carbonyl (C=O) groups excluding carboxylic acids is 1. The average Bonchev–Trinajstić information content (AvgIpc) is 2.44. The summed E-state index contributed by atoms with van der Waals surface area (Å²) >= 11 is 5.89. The van der Waals surface area contributed by atoms with Gasteiger partial charge >= 0.3 is 5.97 Å². The van der Waals surface area contributed by atoms with Crippen LogP contribution in [-0.4, -0.2) is 37.2 Å². The van der Waals surface area contributed by atoms with Crippen molar-refractivity contribution in [1.82, 2.24) is 5.32 Å². The third-order valence-corrected chi connectivity index (χ3v) is 3.13. The van der Waals surface area contributed by atoms with E-state index in [0.29, 0.717) is 0 Å². The topological polar surface area (TPSA) is 90.7 Å². The lowest BCUT2D eigenvalue weighted by Gasteiger charge is -2.26. The number of hydrogen-bond acceptors (Lipinski definition) is 6. The van der Waals surface area contributed by atoms with Crippen LogP contribution < -0.4 is 10.1 Å². The Morgan fingerprint density at radius 1 is 1.55 bits per heavy atom. The molecule has 0 radical (unpaired) electrons. The number of halogens is 1. The van der Waals surface area contributed by atoms with E-state index in [2.05, 4.69) is 10.1 Å². The molecular weight excluding hydrogens is 288 g/mol. The van der Waals surface area contributed by atoms with Gasteiger partial charge in [0.15, 0.2) is 0 Å². The molecule has 1 aromatic carbocycles. The molecule has 0 fully saturated rings. The van der Waals surface area contributed by atoms with E-state index in [1.165, 1.54) is 25.3 Å². The summed E-state index contributed by atoms with van der Waals surface area (Å²) in [6, 6.07) is 3.84. The number of nitrogens with one attached hydrogen (secondary N) is 1. The molecule has 8 heteroatoms. The molecule has 1 unspecified atom stereocenters. The SMILES string of the molecule is CNC(C)(COc1ccc([N+](=O)[O-])cc1Cl)C(=O)OC. The third-order valence-electron chi connectivity index (χ3n) is 2.83. The second-order valence-electron chi connectivity index (χ2n) is 4.23. The van der Waals surface area contributed by atoms with Crippen LogP contribution in [0, 0.1) is 10.1 Å². The lowest BCUT2D eigenvalue weighted by molar-refractivity contribution is -0.384. The number of rotatable bonds is 6. The number of non-ortho nitro benzene ring substituents is 1. The van der Waals surface area contributed by atoms with Gasteiger partial charge in [0, 0.05) is 12.1 Å². The maximum absolute atomic E-state index is 11.6. The Bertz CT molecular complexity index is 523. The Labute approximate surface area is 121 Å². The number of esters is 1. The van der Waals surface area contributed by atoms with Gasteiger partial charge in [-0.25, -0.2) is 4.79 Å². The average molecular weight is 303 g/mol. The van der Waals surface area contributed by atoms with E-state index in [9.17, 15) is 14.9 Å². The molecule has 0 aliphatic carbocycles. The van der Waals surface area contributed by atoms with Gasteiger partial charge in [-0.2, -0.15) is 0 Å². The number of likely N-dealkylation sites (N-methyl/N-ethyl adjacent to an activating group) is 1. The monoisotopic (exact) mass is 302 g/mol. The molecule has 0 aliphatic rings. The van der Waals surface area contributed by atoms with Crippen molar-refractivity contribution in [3.8, 4) is 5.75 Å². The number of methoxy groups -OCH3 is 1. The van der Waals surface area contributed by atoms with E-state index in [4.69, 9.17) is 16.3 Å². The minimum absolute atomic E-state index is 0.0340. The zero-order valence-corrected chi connectivity index (χ0v) is 12.1. The van der Waals surface area contributed by atoms with Crippen LogP contribution in [-0.2, 0) is 9.53 Å². The lowest BCUT2D eigenvalue weighted by atomic mass is 10.1. The largest absolute Gasteiger partial charge is 0.489 e. The second kappa shape index (κ2) is 6.53. The summed E-state index contributed by atoms with van der Waals surface area (Å²) in [6.07, 6.45) is 0. The molecule has 0 aromatic heterocycles. The van der Waals surface area contributed by atoms with Gasteiger partial charge in [-0.3, -0.25) is 10.1 Å². The van der Waals surface area contributed by atoms with Crippen molar-refractivity contribution in [2.75, 3.05) is 20.8 Å². The second-order valence-corrected chi connectivity index (χ2v) is 4.64. The van der Waals surface area contributed by atoms with E-state index in [1.807, 2.05) is 0 Å². The number of benzene rings is 1. The molecule has 1 N–H and O–H groups in total. The number of nitro groups is 1. The summed E-state index contributed by atoms with van der Waals surface area (Å²) < 4.78 is 10.1. The Morgan fingerprint density at radius 2 is 2.20 bits per heavy atom. The summed E-state index contributed by atoms with van der Waals surface area (Å²) in [5.74, 6) is -0.235. The van der Waals surface area contributed by atoms with Gasteiger partial charge in [0.1, 0.15) is 17.9 Å². The third kappa shape index (κ3) is 3.58. The Morgan fingerprint density at radius 3 is 2.65 bits per heavy atom. The van der Waals surface area contributed by atoms with Crippen molar-refractivity contribution in [2.24, 2.45) is 0 Å². The molecule has 20 heavy (non-hydrogen) atoms. The molecule has 0 spiro atoms. The van der Waals surface area contributed by atoms with E-state index in [-0.39, 0.29) is 23.1 Å². The maximum Gasteiger partial charge on any atom is 0.329 e. The van der Waals surface area contributed by atoms with Crippen molar-refractivity contribution in [3.63, 3.8) is 0 Å². The van der Waals surface area contributed by atoms with Crippen LogP contribution in [0.25, 0.3) is 0 Å². The van der Waals surface area contributed by atoms with E-state index >= 15 is 0 Å². The van der Waals surface area contributed by atoms with Crippen molar-refractivity contribution in [3.05, 3.63) is 33.3 Å². The summed E-state index contributed by atoms with van der Waals surface area (Å²) in [5.41, 5.74) is -1.17. The van der Waals surface area contributed by atoms with Gasteiger partial charge in [-0.15, -0.1) is 0 Å². The van der Waals surface area contributed by atoms with Gasteiger partial charge in [-0.1, -0.05) is 11.6 Å². The van der Waals surface area contributed by atoms with Crippen molar-refractivity contribution < 1.29 is 19.2 Å². The number of hydrogen-bond donors (Lipinski definition) is 1. The fraction of sp³-hybridized carbons (Fsp3) is 0.417. The highest BCUT2D eigenvalue weighted by Gasteiger charge is 2.34. The molecule has 7 nitrogen and oxygen atoms in total. The molecule has 110 valence electrons. The predicted molar refractivity (Wildman–Crippen MR) is 73.1 cm³/mol. The minimum atomic E-state index is -1.04. The number of carbonyl (C=O) groups is 1. The van der Waals surface area contributed by atoms with Crippen LogP contribution in [0.5, 0.6) is 5.75 Å². The van der Waals surface area contributed by atoms with E-state index in [1.54, 1.807) is 14.0 Å². The van der Waals surface area contributed by atoms with Gasteiger partial charge in [-0.05, 0) is 20.0 Å². The fourth-order valence-corrected chi connectivity index (χ4v) is 1.63. The van der Waals surface area contributed by atoms with Crippen molar-refractivity contribution >= 4 is 23.3 Å². The Balaban J connectivity index is 2.84. The molecule has 1 rings (SSSR count). The molecule has 0 saturated heterocycles. The zero-order valence-electron chi connectivity index (χ0n) is 11.3. The lowest BCUT2D eigenvalue weighted by Crippen LogP contribution is -2.52. The smallest absolute Gasteiger partial charge is 0.329 e. The highest BCUT2D eigenvalue weighted by atomic mass is 35.5. The van der Waals surface area contributed by atoms with Gasteiger partial charge in [0.05, 0.1) is 17.1 Å². The highest BCUT2D eigenvalue weighted by molar-refractivity contribution is 6.32. The Hall–Kier alpha value is -1.86. The molecule has 1 atom stereocenters. The van der Waals surface area contributed by atoms with Crippen LogP contribution in [0.1, 0.15) is 6.92 Å². The van der Waals surface area contributed by atoms with Crippen LogP contribution in [0.15, 0.2) is 18.2 Å². The van der Waals surface area contributed by atoms with Crippen molar-refractivity contribution in [2.45, 2.75) is 12.5 Å². The normalized spacial score (nSPS) is 13.4. The predicted octanol–water partition coefficient (Wildman–Crippen LogP) is 1.78. The first-order chi connectivity index (χ1) is 9.34. The van der Waals surface area contributed by atoms with Crippen LogP contribution in [0.2, 0.25) is 5.02 Å². The molecule has 0 aliphatic heterocycles. The van der Waals surface area contributed by atoms with E-state index in [0.717, 1.165) is 0 Å². The number of nitrogens with zero attached hydrogens (tertiary/aromatic N) is 1. The standard InChI is InChI=1S/C12H15ClN2O5/c1-12(14-2,11(16)19-3)7-20-10-5-4-8(15(17)18)6-9(10)13/h4-6,14H,7H2,1-3H3. The highest BCUT2D eigenvalue weighted by Crippen LogP contribution is 2.29. The summed E-state index contributed by atoms with van der Waals surface area (Å²) in [6.45, 7) is 1.58. The Kier molecular flexibility index (Phi) is 5.29. The van der Waals surface area contributed by atoms with Crippen molar-refractivity contribution in [1.29, 1.82) is 0 Å². The van der Waals surface area contributed by atoms with Gasteiger partial charge < -0.3 is 14.8 Å². The fourth-order valence-electron chi connectivity index (χ4n) is 1.40. The van der Waals surface area contributed by atoms with Gasteiger partial charge in [0.25, 0.3) is 5.69 Å². The molecular formula is C12H15ClN2O5. The molecule has 0 saturated carbocycles. The first-order valence-electron chi connectivity index (χ1n) is 5.68. The first kappa shape index (κ1) is 16.2. The molecule has 1 aromatic rings. The van der Waals surface area contributed by atoms with Crippen LogP contribution in [0.4, 0.5) is 5.69 Å². The maximum atomic E-state index is 11.6. The summed E-state index contributed by atoms with van der Waals surface area (Å²) in [7, 11) is 2.87. The van der Waals surface area contributed by atoms with Gasteiger partial charge in [0.2, 0.25) is 0 Å². The van der Waals surface area contributed by atoms with Crippen LogP contribution >= 0.6 is 11.6 Å². The first-order valence-corrected chi connectivity index (χ1v) is 6.06. The molecule has 0 bridgehead atoms. The summed E-state index contributed by atoms with van der Waals surface area (Å²) in [4.78, 5) is 21.7. The summed E-state index contributed by atoms with van der Waals surface area (Å²) in [5, 5.41) is 13.5. The molecule has 0 heterocycles. The van der Waals surface area contributed by atoms with Crippen LogP contribution in [0.3, 0.4) is 0 Å². The minimum Gasteiger partial charge on any atom is -0.489 e. The molecule has 0 amide bonds. The number of ether oxygens (including phenoxy) is 2. The zero-order chi connectivity index (χ0) is 15.3. The number of nitro benzene ring substituents is 1. The quantitative estimate of drug-likeness (QED) is 0.489.